The lowest BCUT2D eigenvalue weighted by Crippen LogP contribution is -2.17. The number of methoxy groups -OCH3 is 1. The van der Waals surface area contributed by atoms with E-state index in [-0.39, 0.29) is 18.6 Å². The van der Waals surface area contributed by atoms with Gasteiger partial charge in [-0.25, -0.2) is 8.42 Å². The van der Waals surface area contributed by atoms with Gasteiger partial charge in [0, 0.05) is 17.0 Å². The van der Waals surface area contributed by atoms with Crippen LogP contribution >= 0.6 is 11.8 Å². The number of sulfonamides is 1. The van der Waals surface area contributed by atoms with Gasteiger partial charge in [-0.1, -0.05) is 6.07 Å². The van der Waals surface area contributed by atoms with Crippen molar-refractivity contribution in [2.45, 2.75) is 17.7 Å². The number of nitrogens with one attached hydrogen (secondary N) is 1. The molecule has 0 saturated heterocycles. The molecule has 0 aliphatic heterocycles. The first-order valence-electron chi connectivity index (χ1n) is 5.68. The zero-order valence-corrected chi connectivity index (χ0v) is 12.5. The van der Waals surface area contributed by atoms with E-state index in [2.05, 4.69) is 9.46 Å². The van der Waals surface area contributed by atoms with Crippen LogP contribution in [-0.2, 0) is 19.6 Å². The summed E-state index contributed by atoms with van der Waals surface area (Å²) in [6.07, 6.45) is 2.26. The third-order valence-corrected chi connectivity index (χ3v) is 4.46. The molecule has 5 nitrogen and oxygen atoms in total. The number of benzene rings is 1. The van der Waals surface area contributed by atoms with Gasteiger partial charge in [0.15, 0.2) is 0 Å². The lowest BCUT2D eigenvalue weighted by molar-refractivity contribution is -0.140. The average Bonchev–Trinajstić information content (AvgIpc) is 2.37. The van der Waals surface area contributed by atoms with Crippen LogP contribution in [0.3, 0.4) is 0 Å². The molecule has 7 heteroatoms. The molecular formula is C12H17NO4S2. The topological polar surface area (TPSA) is 72.5 Å². The minimum atomic E-state index is -3.43. The predicted molar refractivity (Wildman–Crippen MR) is 76.9 cm³/mol. The minimum absolute atomic E-state index is 0.0995. The molecule has 1 rings (SSSR count). The third kappa shape index (κ3) is 5.98. The molecule has 0 aromatic heterocycles. The lowest BCUT2D eigenvalue weighted by Gasteiger charge is -2.08. The molecule has 0 fully saturated rings. The van der Waals surface area contributed by atoms with Gasteiger partial charge in [0.1, 0.15) is 0 Å². The Bertz CT molecular complexity index is 528. The summed E-state index contributed by atoms with van der Waals surface area (Å²) in [4.78, 5) is 11.9. The highest BCUT2D eigenvalue weighted by Crippen LogP contribution is 2.19. The van der Waals surface area contributed by atoms with E-state index in [9.17, 15) is 13.2 Å². The molecule has 0 aliphatic rings. The van der Waals surface area contributed by atoms with E-state index in [1.165, 1.54) is 18.9 Å². The van der Waals surface area contributed by atoms with E-state index in [4.69, 9.17) is 0 Å². The zero-order chi connectivity index (χ0) is 14.3. The molecule has 0 atom stereocenters. The van der Waals surface area contributed by atoms with Gasteiger partial charge in [-0.15, -0.1) is 11.8 Å². The van der Waals surface area contributed by atoms with Crippen molar-refractivity contribution in [2.75, 3.05) is 23.8 Å². The van der Waals surface area contributed by atoms with Crippen LogP contribution in [0.4, 0.5) is 5.69 Å². The second kappa shape index (κ2) is 7.40. The first-order chi connectivity index (χ1) is 8.96. The van der Waals surface area contributed by atoms with Crippen LogP contribution < -0.4 is 4.72 Å². The van der Waals surface area contributed by atoms with Crippen molar-refractivity contribution in [2.24, 2.45) is 0 Å². The van der Waals surface area contributed by atoms with Crippen LogP contribution in [0.15, 0.2) is 29.2 Å². The molecule has 106 valence electrons. The van der Waals surface area contributed by atoms with Crippen LogP contribution in [0.25, 0.3) is 0 Å². The number of hydrogen-bond acceptors (Lipinski definition) is 5. The Kier molecular flexibility index (Phi) is 6.17. The van der Waals surface area contributed by atoms with E-state index in [0.717, 1.165) is 4.90 Å². The number of anilines is 1. The Balaban J connectivity index is 2.56. The molecule has 1 aromatic rings. The molecule has 0 bridgehead atoms. The Morgan fingerprint density at radius 1 is 1.42 bits per heavy atom. The average molecular weight is 303 g/mol. The number of hydrogen-bond donors (Lipinski definition) is 1. The molecule has 1 N–H and O–H groups in total. The maximum Gasteiger partial charge on any atom is 0.305 e. The van der Waals surface area contributed by atoms with Crippen molar-refractivity contribution in [3.8, 4) is 0 Å². The smallest absolute Gasteiger partial charge is 0.305 e. The molecular weight excluding hydrogens is 286 g/mol. The highest BCUT2D eigenvalue weighted by molar-refractivity contribution is 7.98. The summed E-state index contributed by atoms with van der Waals surface area (Å²) in [5, 5.41) is 0. The van der Waals surface area contributed by atoms with Gasteiger partial charge in [-0.2, -0.15) is 0 Å². The SMILES string of the molecule is COC(=O)CCCS(=O)(=O)Nc1cccc(SC)c1. The number of esters is 1. The van der Waals surface area contributed by atoms with Gasteiger partial charge >= 0.3 is 5.97 Å². The Morgan fingerprint density at radius 3 is 2.79 bits per heavy atom. The molecule has 1 aromatic carbocycles. The van der Waals surface area contributed by atoms with E-state index < -0.39 is 16.0 Å². The minimum Gasteiger partial charge on any atom is -0.469 e. The van der Waals surface area contributed by atoms with Crippen LogP contribution in [0.2, 0.25) is 0 Å². The highest BCUT2D eigenvalue weighted by Gasteiger charge is 2.12. The first-order valence-corrected chi connectivity index (χ1v) is 8.56. The van der Waals surface area contributed by atoms with E-state index in [0.29, 0.717) is 5.69 Å². The molecule has 0 amide bonds. The first kappa shape index (κ1) is 15.8. The van der Waals surface area contributed by atoms with E-state index in [1.54, 1.807) is 18.2 Å². The zero-order valence-electron chi connectivity index (χ0n) is 10.9. The number of thioether (sulfide) groups is 1. The van der Waals surface area contributed by atoms with Gasteiger partial charge < -0.3 is 4.74 Å². The fraction of sp³-hybridized carbons (Fsp3) is 0.417. The largest absolute Gasteiger partial charge is 0.469 e. The predicted octanol–water partition coefficient (Wildman–Crippen LogP) is 2.10. The molecule has 0 radical (unpaired) electrons. The second-order valence-electron chi connectivity index (χ2n) is 3.83. The molecule has 0 aliphatic carbocycles. The van der Waals surface area contributed by atoms with Crippen molar-refractivity contribution in [3.05, 3.63) is 24.3 Å². The standard InChI is InChI=1S/C12H17NO4S2/c1-17-12(14)7-4-8-19(15,16)13-10-5-3-6-11(9-10)18-2/h3,5-6,9,13H,4,7-8H2,1-2H3. The quantitative estimate of drug-likeness (QED) is 0.617. The van der Waals surface area contributed by atoms with E-state index in [1.807, 2.05) is 12.3 Å². The maximum atomic E-state index is 11.8. The van der Waals surface area contributed by atoms with Crippen molar-refractivity contribution < 1.29 is 17.9 Å². The van der Waals surface area contributed by atoms with Gasteiger partial charge in [-0.05, 0) is 30.9 Å². The van der Waals surface area contributed by atoms with Crippen molar-refractivity contribution in [3.63, 3.8) is 0 Å². The summed E-state index contributed by atoms with van der Waals surface area (Å²) in [5.41, 5.74) is 0.532. The fourth-order valence-electron chi connectivity index (χ4n) is 1.43. The fourth-order valence-corrected chi connectivity index (χ4v) is 3.00. The van der Waals surface area contributed by atoms with Crippen molar-refractivity contribution in [1.82, 2.24) is 0 Å². The number of carbonyl (C=O) groups excluding carboxylic acids is 1. The summed E-state index contributed by atoms with van der Waals surface area (Å²) in [5.74, 6) is -0.509. The number of rotatable bonds is 7. The van der Waals surface area contributed by atoms with Gasteiger partial charge in [-0.3, -0.25) is 9.52 Å². The summed E-state index contributed by atoms with van der Waals surface area (Å²) in [6.45, 7) is 0. The number of ether oxygens (including phenoxy) is 1. The van der Waals surface area contributed by atoms with Gasteiger partial charge in [0.2, 0.25) is 10.0 Å². The Labute approximate surface area is 117 Å². The third-order valence-electron chi connectivity index (χ3n) is 2.36. The summed E-state index contributed by atoms with van der Waals surface area (Å²) < 4.78 is 30.5. The summed E-state index contributed by atoms with van der Waals surface area (Å²) in [7, 11) is -2.15. The maximum absolute atomic E-state index is 11.8. The van der Waals surface area contributed by atoms with Crippen LogP contribution in [0.5, 0.6) is 0 Å². The number of carbonyl (C=O) groups is 1. The summed E-state index contributed by atoms with van der Waals surface area (Å²) >= 11 is 1.54. The van der Waals surface area contributed by atoms with Crippen molar-refractivity contribution in [1.29, 1.82) is 0 Å². The molecule has 19 heavy (non-hydrogen) atoms. The summed E-state index contributed by atoms with van der Waals surface area (Å²) in [6, 6.07) is 7.15. The van der Waals surface area contributed by atoms with Crippen molar-refractivity contribution >= 4 is 33.4 Å². The van der Waals surface area contributed by atoms with Gasteiger partial charge in [0.05, 0.1) is 12.9 Å². The molecule has 0 heterocycles. The van der Waals surface area contributed by atoms with Crippen LogP contribution in [-0.4, -0.2) is 33.5 Å². The molecule has 0 saturated carbocycles. The normalized spacial score (nSPS) is 11.1. The highest BCUT2D eigenvalue weighted by atomic mass is 32.2. The monoisotopic (exact) mass is 303 g/mol. The molecule has 0 spiro atoms. The lowest BCUT2D eigenvalue weighted by atomic mass is 10.3. The van der Waals surface area contributed by atoms with Gasteiger partial charge in [0.25, 0.3) is 0 Å². The van der Waals surface area contributed by atoms with Crippen LogP contribution in [0.1, 0.15) is 12.8 Å². The van der Waals surface area contributed by atoms with Crippen LogP contribution in [0, 0.1) is 0 Å². The Morgan fingerprint density at radius 2 is 2.16 bits per heavy atom. The van der Waals surface area contributed by atoms with E-state index >= 15 is 0 Å². The second-order valence-corrected chi connectivity index (χ2v) is 6.55. The molecule has 0 unspecified atom stereocenters. The Hall–Kier alpha value is -1.21.